The Kier molecular flexibility index (Phi) is 5.53. The topological polar surface area (TPSA) is 109 Å². The van der Waals surface area contributed by atoms with Crippen molar-refractivity contribution in [3.05, 3.63) is 71.1 Å². The van der Waals surface area contributed by atoms with Crippen LogP contribution < -0.4 is 21.2 Å². The Morgan fingerprint density at radius 3 is 2.61 bits per heavy atom. The zero-order valence-electron chi connectivity index (χ0n) is 16.8. The van der Waals surface area contributed by atoms with Crippen molar-refractivity contribution in [1.82, 2.24) is 5.32 Å². The molecule has 8 heteroatoms. The lowest BCUT2D eigenvalue weighted by molar-refractivity contribution is -0.129. The molecule has 4 rings (SSSR count). The minimum Gasteiger partial charge on any atom is -0.423 e. The molecule has 158 valence electrons. The van der Waals surface area contributed by atoms with Crippen LogP contribution in [0.3, 0.4) is 0 Å². The third kappa shape index (κ3) is 4.48. The van der Waals surface area contributed by atoms with E-state index in [9.17, 15) is 19.2 Å². The van der Waals surface area contributed by atoms with Crippen molar-refractivity contribution in [1.29, 1.82) is 0 Å². The fraction of sp³-hybridized carbons (Fsp3) is 0.217. The summed E-state index contributed by atoms with van der Waals surface area (Å²) in [5.74, 6) is -1.37. The van der Waals surface area contributed by atoms with Gasteiger partial charge in [0.1, 0.15) is 11.6 Å². The normalized spacial score (nSPS) is 16.9. The third-order valence-electron chi connectivity index (χ3n) is 5.20. The van der Waals surface area contributed by atoms with Crippen LogP contribution in [0, 0.1) is 5.92 Å². The van der Waals surface area contributed by atoms with Gasteiger partial charge in [-0.15, -0.1) is 0 Å². The fourth-order valence-corrected chi connectivity index (χ4v) is 3.54. The van der Waals surface area contributed by atoms with E-state index in [0.29, 0.717) is 16.7 Å². The highest BCUT2D eigenvalue weighted by atomic mass is 16.4. The number of hydrogen-bond donors (Lipinski definition) is 2. The van der Waals surface area contributed by atoms with E-state index < -0.39 is 23.5 Å². The van der Waals surface area contributed by atoms with E-state index in [1.807, 2.05) is 30.3 Å². The zero-order chi connectivity index (χ0) is 22.0. The van der Waals surface area contributed by atoms with Gasteiger partial charge in [-0.3, -0.25) is 14.4 Å². The predicted octanol–water partition coefficient (Wildman–Crippen LogP) is 2.29. The van der Waals surface area contributed by atoms with Crippen LogP contribution in [0.25, 0.3) is 11.0 Å². The molecular weight excluding hydrogens is 398 g/mol. The van der Waals surface area contributed by atoms with Crippen LogP contribution in [0.4, 0.5) is 11.4 Å². The quantitative estimate of drug-likeness (QED) is 0.617. The Morgan fingerprint density at radius 1 is 1.06 bits per heavy atom. The summed E-state index contributed by atoms with van der Waals surface area (Å²) in [6.07, 6.45) is 0.102. The summed E-state index contributed by atoms with van der Waals surface area (Å²) in [6.45, 7) is 1.86. The standard InChI is InChI=1S/C23H21N3O5/c1-14(22(29)25-17-8-9-19-15(11-17)7-10-21(28)31-19)24-23(30)16-12-20(27)26(13-16)18-5-3-2-4-6-18/h2-11,14,16H,12-13H2,1H3,(H,24,30)(H,25,29). The highest BCUT2D eigenvalue weighted by Crippen LogP contribution is 2.25. The minimum absolute atomic E-state index is 0.102. The van der Waals surface area contributed by atoms with Gasteiger partial charge in [0.25, 0.3) is 0 Å². The summed E-state index contributed by atoms with van der Waals surface area (Å²) < 4.78 is 5.07. The molecule has 2 N–H and O–H groups in total. The van der Waals surface area contributed by atoms with E-state index in [1.165, 1.54) is 6.07 Å². The van der Waals surface area contributed by atoms with Gasteiger partial charge < -0.3 is 20.0 Å². The van der Waals surface area contributed by atoms with Crippen LogP contribution in [-0.4, -0.2) is 30.3 Å². The molecule has 2 atom stereocenters. The third-order valence-corrected chi connectivity index (χ3v) is 5.20. The monoisotopic (exact) mass is 419 g/mol. The molecular formula is C23H21N3O5. The largest absolute Gasteiger partial charge is 0.423 e. The van der Waals surface area contributed by atoms with Crippen molar-refractivity contribution >= 4 is 40.1 Å². The van der Waals surface area contributed by atoms with Crippen molar-refractivity contribution in [2.75, 3.05) is 16.8 Å². The average Bonchev–Trinajstić information content (AvgIpc) is 3.16. The number of benzene rings is 2. The number of fused-ring (bicyclic) bond motifs is 1. The minimum atomic E-state index is -0.794. The molecule has 31 heavy (non-hydrogen) atoms. The Labute approximate surface area is 177 Å². The van der Waals surface area contributed by atoms with Crippen LogP contribution in [-0.2, 0) is 14.4 Å². The van der Waals surface area contributed by atoms with Gasteiger partial charge in [-0.25, -0.2) is 4.79 Å². The lowest BCUT2D eigenvalue weighted by Crippen LogP contribution is -2.44. The molecule has 0 aliphatic carbocycles. The Morgan fingerprint density at radius 2 is 1.84 bits per heavy atom. The molecule has 2 heterocycles. The van der Waals surface area contributed by atoms with E-state index in [2.05, 4.69) is 10.6 Å². The second kappa shape index (κ2) is 8.43. The number of amides is 3. The number of hydrogen-bond acceptors (Lipinski definition) is 5. The van der Waals surface area contributed by atoms with Crippen LogP contribution in [0.15, 0.2) is 69.9 Å². The van der Waals surface area contributed by atoms with Gasteiger partial charge in [-0.1, -0.05) is 18.2 Å². The number of nitrogens with one attached hydrogen (secondary N) is 2. The summed E-state index contributed by atoms with van der Waals surface area (Å²) >= 11 is 0. The molecule has 1 fully saturated rings. The summed E-state index contributed by atoms with van der Waals surface area (Å²) in [7, 11) is 0. The van der Waals surface area contributed by atoms with E-state index in [-0.39, 0.29) is 24.8 Å². The van der Waals surface area contributed by atoms with E-state index >= 15 is 0 Å². The first-order chi connectivity index (χ1) is 14.9. The fourth-order valence-electron chi connectivity index (χ4n) is 3.54. The molecule has 1 aliphatic rings. The second-order valence-electron chi connectivity index (χ2n) is 7.47. The van der Waals surface area contributed by atoms with E-state index in [4.69, 9.17) is 4.42 Å². The first kappa shape index (κ1) is 20.3. The van der Waals surface area contributed by atoms with Crippen LogP contribution in [0.1, 0.15) is 13.3 Å². The van der Waals surface area contributed by atoms with Crippen LogP contribution >= 0.6 is 0 Å². The first-order valence-corrected chi connectivity index (χ1v) is 9.91. The summed E-state index contributed by atoms with van der Waals surface area (Å²) in [5, 5.41) is 6.09. The molecule has 0 bridgehead atoms. The van der Waals surface area contributed by atoms with Crippen molar-refractivity contribution in [2.45, 2.75) is 19.4 Å². The second-order valence-corrected chi connectivity index (χ2v) is 7.47. The molecule has 2 aromatic carbocycles. The summed E-state index contributed by atoms with van der Waals surface area (Å²) in [6, 6.07) is 16.2. The maximum absolute atomic E-state index is 12.6. The predicted molar refractivity (Wildman–Crippen MR) is 116 cm³/mol. The van der Waals surface area contributed by atoms with E-state index in [1.54, 1.807) is 36.1 Å². The summed E-state index contributed by atoms with van der Waals surface area (Å²) in [4.78, 5) is 50.3. The van der Waals surface area contributed by atoms with Crippen LogP contribution in [0.5, 0.6) is 0 Å². The van der Waals surface area contributed by atoms with Crippen molar-refractivity contribution in [2.24, 2.45) is 5.92 Å². The number of carbonyl (C=O) groups is 3. The Hall–Kier alpha value is -3.94. The molecule has 1 aromatic heterocycles. The van der Waals surface area contributed by atoms with Crippen molar-refractivity contribution in [3.63, 3.8) is 0 Å². The number of para-hydroxylation sites is 1. The highest BCUT2D eigenvalue weighted by molar-refractivity contribution is 6.02. The maximum atomic E-state index is 12.6. The SMILES string of the molecule is CC(NC(=O)C1CC(=O)N(c2ccccc2)C1)C(=O)Nc1ccc2oc(=O)ccc2c1. The van der Waals surface area contributed by atoms with Gasteiger partial charge in [0, 0.05) is 35.8 Å². The van der Waals surface area contributed by atoms with Gasteiger partial charge >= 0.3 is 5.63 Å². The van der Waals surface area contributed by atoms with Gasteiger partial charge in [0.2, 0.25) is 17.7 Å². The van der Waals surface area contributed by atoms with Gasteiger partial charge in [0.15, 0.2) is 0 Å². The van der Waals surface area contributed by atoms with Gasteiger partial charge in [0.05, 0.1) is 5.92 Å². The number of anilines is 2. The average molecular weight is 419 g/mol. The first-order valence-electron chi connectivity index (χ1n) is 9.91. The van der Waals surface area contributed by atoms with Gasteiger partial charge in [-0.2, -0.15) is 0 Å². The molecule has 0 saturated carbocycles. The molecule has 3 aromatic rings. The molecule has 2 unspecified atom stereocenters. The number of carbonyl (C=O) groups excluding carboxylic acids is 3. The highest BCUT2D eigenvalue weighted by Gasteiger charge is 2.35. The lowest BCUT2D eigenvalue weighted by Gasteiger charge is -2.18. The Balaban J connectivity index is 1.36. The Bertz CT molecular complexity index is 1200. The molecule has 3 amide bonds. The van der Waals surface area contributed by atoms with Crippen molar-refractivity contribution in [3.8, 4) is 0 Å². The molecule has 0 spiro atoms. The zero-order valence-corrected chi connectivity index (χ0v) is 16.8. The molecule has 1 saturated heterocycles. The smallest absolute Gasteiger partial charge is 0.336 e. The number of rotatable bonds is 5. The lowest BCUT2D eigenvalue weighted by atomic mass is 10.1. The molecule has 8 nitrogen and oxygen atoms in total. The van der Waals surface area contributed by atoms with Gasteiger partial charge in [-0.05, 0) is 43.3 Å². The van der Waals surface area contributed by atoms with E-state index in [0.717, 1.165) is 5.69 Å². The maximum Gasteiger partial charge on any atom is 0.336 e. The summed E-state index contributed by atoms with van der Waals surface area (Å²) in [5.41, 5.74) is 1.23. The molecule has 1 aliphatic heterocycles. The van der Waals surface area contributed by atoms with Crippen LogP contribution in [0.2, 0.25) is 0 Å². The van der Waals surface area contributed by atoms with Crippen molar-refractivity contribution < 1.29 is 18.8 Å². The number of nitrogens with zero attached hydrogens (tertiary/aromatic N) is 1. The molecule has 0 radical (unpaired) electrons.